The molecule has 3 rings (SSSR count). The number of allylic oxidation sites excluding steroid dienone is 2. The monoisotopic (exact) mass is 514 g/mol. The van der Waals surface area contributed by atoms with Crippen molar-refractivity contribution in [3.63, 3.8) is 0 Å². The predicted octanol–water partition coefficient (Wildman–Crippen LogP) is 2.65. The summed E-state index contributed by atoms with van der Waals surface area (Å²) >= 11 is 7.39. The maximum atomic E-state index is 2.34. The molecule has 86 valence electrons. The van der Waals surface area contributed by atoms with Gasteiger partial charge >= 0.3 is 132 Å². The average molecular weight is 510 g/mol. The van der Waals surface area contributed by atoms with Crippen molar-refractivity contribution in [1.29, 1.82) is 0 Å². The van der Waals surface area contributed by atoms with Crippen molar-refractivity contribution in [1.82, 2.24) is 0 Å². The Balaban J connectivity index is 1.79. The van der Waals surface area contributed by atoms with Crippen LogP contribution in [0.4, 0.5) is 0 Å². The van der Waals surface area contributed by atoms with E-state index in [0.717, 1.165) is 29.9 Å². The topological polar surface area (TPSA) is 0 Å². The third kappa shape index (κ3) is 2.63. The van der Waals surface area contributed by atoms with Gasteiger partial charge in [-0.2, -0.15) is 0 Å². The normalized spacial score (nSPS) is 25.9. The Hall–Kier alpha value is 2.00. The van der Waals surface area contributed by atoms with E-state index in [4.69, 9.17) is 0 Å². The van der Waals surface area contributed by atoms with Crippen molar-refractivity contribution in [2.24, 2.45) is 0 Å². The second-order valence-electron chi connectivity index (χ2n) is 3.37. The Morgan fingerprint density at radius 2 is 1.38 bits per heavy atom. The predicted molar refractivity (Wildman–Crippen MR) is 80.2 cm³/mol. The van der Waals surface area contributed by atoms with Gasteiger partial charge in [-0.05, 0) is 0 Å². The Kier molecular flexibility index (Phi) is 4.51. The zero-order chi connectivity index (χ0) is 11.1. The fourth-order valence-corrected chi connectivity index (χ4v) is 20.5. The molecule has 3 heterocycles. The molecular formula is C10H10S2Se4. The summed E-state index contributed by atoms with van der Waals surface area (Å²) in [5, 5.41) is 3.02. The van der Waals surface area contributed by atoms with Crippen LogP contribution in [0.15, 0.2) is 24.2 Å². The summed E-state index contributed by atoms with van der Waals surface area (Å²) in [6.07, 6.45) is 0. The van der Waals surface area contributed by atoms with Crippen molar-refractivity contribution in [2.45, 2.75) is 24.5 Å². The van der Waals surface area contributed by atoms with Crippen LogP contribution < -0.4 is 0 Å². The van der Waals surface area contributed by atoms with Crippen molar-refractivity contribution in [3.8, 4) is 0 Å². The molecule has 0 aliphatic carbocycles. The van der Waals surface area contributed by atoms with E-state index in [1.54, 1.807) is 20.8 Å². The molecule has 6 heteroatoms. The molecule has 0 nitrogen and oxygen atoms in total. The van der Waals surface area contributed by atoms with E-state index >= 15 is 0 Å². The van der Waals surface area contributed by atoms with Gasteiger partial charge in [-0.15, -0.1) is 0 Å². The van der Waals surface area contributed by atoms with Crippen LogP contribution in [0.5, 0.6) is 0 Å². The van der Waals surface area contributed by atoms with Gasteiger partial charge in [-0.1, -0.05) is 0 Å². The Bertz CT molecular complexity index is 400. The maximum absolute atomic E-state index is 2.34. The summed E-state index contributed by atoms with van der Waals surface area (Å²) in [4.78, 5) is 0. The molecule has 0 atom stereocenters. The van der Waals surface area contributed by atoms with Gasteiger partial charge in [-0.25, -0.2) is 0 Å². The fraction of sp³-hybridized carbons (Fsp3) is 0.400. The fourth-order valence-electron chi connectivity index (χ4n) is 1.33. The third-order valence-electron chi connectivity index (χ3n) is 2.24. The van der Waals surface area contributed by atoms with Gasteiger partial charge in [0.05, 0.1) is 0 Å². The van der Waals surface area contributed by atoms with E-state index < -0.39 is 0 Å². The van der Waals surface area contributed by atoms with Gasteiger partial charge in [0.25, 0.3) is 0 Å². The standard InChI is InChI=1S/C10H10S2Se4/c1-5-6(2)16-10(15-5)7-11-8-9(12-7)14-4-3-13-8/h3-4H2,1-2H3. The molecule has 0 spiro atoms. The minimum atomic E-state index is 0.702. The van der Waals surface area contributed by atoms with Gasteiger partial charge in [-0.3, -0.25) is 0 Å². The van der Waals surface area contributed by atoms with E-state index in [2.05, 4.69) is 37.4 Å². The van der Waals surface area contributed by atoms with Crippen LogP contribution in [0.1, 0.15) is 13.8 Å². The Morgan fingerprint density at radius 1 is 0.875 bits per heavy atom. The summed E-state index contributed by atoms with van der Waals surface area (Å²) in [5.41, 5.74) is 0. The number of rotatable bonds is 0. The Labute approximate surface area is 130 Å². The van der Waals surface area contributed by atoms with E-state index in [0.29, 0.717) is 29.9 Å². The van der Waals surface area contributed by atoms with E-state index in [9.17, 15) is 0 Å². The van der Waals surface area contributed by atoms with Crippen LogP contribution in [0.2, 0.25) is 10.6 Å². The van der Waals surface area contributed by atoms with Crippen LogP contribution in [0, 0.1) is 0 Å². The summed E-state index contributed by atoms with van der Waals surface area (Å²) < 4.78 is 10.6. The van der Waals surface area contributed by atoms with Gasteiger partial charge in [0.1, 0.15) is 0 Å². The van der Waals surface area contributed by atoms with Crippen LogP contribution in [0.3, 0.4) is 0 Å². The molecule has 3 aliphatic rings. The van der Waals surface area contributed by atoms with Crippen molar-refractivity contribution < 1.29 is 0 Å². The van der Waals surface area contributed by atoms with Crippen LogP contribution in [0.25, 0.3) is 0 Å². The number of hydrogen-bond donors (Lipinski definition) is 0. The number of hydrogen-bond acceptors (Lipinski definition) is 2. The van der Waals surface area contributed by atoms with Gasteiger partial charge in [0.2, 0.25) is 0 Å². The SMILES string of the molecule is CC1=C(C)[Se]C(=C2SC3=C(S2)[Se]CC[Se]3)[Se]1. The summed E-state index contributed by atoms with van der Waals surface area (Å²) in [5.74, 6) is 0. The van der Waals surface area contributed by atoms with E-state index in [1.807, 2.05) is 3.37 Å². The molecule has 0 N–H and O–H groups in total. The molecule has 0 aromatic carbocycles. The first kappa shape index (κ1) is 13.0. The molecule has 0 unspecified atom stereocenters. The molecule has 0 saturated heterocycles. The minimum absolute atomic E-state index is 0.702. The molecule has 16 heavy (non-hydrogen) atoms. The van der Waals surface area contributed by atoms with Crippen molar-refractivity contribution in [3.05, 3.63) is 24.2 Å². The zero-order valence-corrected chi connectivity index (χ0v) is 17.3. The van der Waals surface area contributed by atoms with Crippen molar-refractivity contribution >= 4 is 83.4 Å². The van der Waals surface area contributed by atoms with Crippen LogP contribution in [-0.4, -0.2) is 59.8 Å². The molecule has 0 amide bonds. The second-order valence-corrected chi connectivity index (χ2v) is 17.9. The molecule has 0 aromatic rings. The molecule has 0 radical (unpaired) electrons. The summed E-state index contributed by atoms with van der Waals surface area (Å²) in [6, 6.07) is 0. The van der Waals surface area contributed by atoms with E-state index in [1.165, 1.54) is 10.6 Å². The third-order valence-corrected chi connectivity index (χ3v) is 20.8. The van der Waals surface area contributed by atoms with Crippen molar-refractivity contribution in [2.75, 3.05) is 0 Å². The van der Waals surface area contributed by atoms with Crippen LogP contribution >= 0.6 is 23.5 Å². The first-order valence-electron chi connectivity index (χ1n) is 4.87. The molecule has 0 saturated carbocycles. The average Bonchev–Trinajstić information content (AvgIpc) is 2.83. The van der Waals surface area contributed by atoms with Gasteiger partial charge in [0.15, 0.2) is 0 Å². The Morgan fingerprint density at radius 3 is 1.88 bits per heavy atom. The number of thioether (sulfide) groups is 2. The molecule has 3 aliphatic heterocycles. The van der Waals surface area contributed by atoms with Crippen LogP contribution in [-0.2, 0) is 0 Å². The molecule has 0 bridgehead atoms. The van der Waals surface area contributed by atoms with Gasteiger partial charge < -0.3 is 0 Å². The molecule has 0 fully saturated rings. The van der Waals surface area contributed by atoms with Gasteiger partial charge in [0, 0.05) is 0 Å². The molecular weight excluding hydrogens is 500 g/mol. The second kappa shape index (κ2) is 5.55. The summed E-state index contributed by atoms with van der Waals surface area (Å²) in [6.45, 7) is 4.69. The quantitative estimate of drug-likeness (QED) is 0.460. The first-order chi connectivity index (χ1) is 7.74. The summed E-state index contributed by atoms with van der Waals surface area (Å²) in [7, 11) is 0. The zero-order valence-electron chi connectivity index (χ0n) is 8.86. The van der Waals surface area contributed by atoms with E-state index in [-0.39, 0.29) is 0 Å². The molecule has 0 aromatic heterocycles. The first-order valence-corrected chi connectivity index (χ1v) is 14.1.